The van der Waals surface area contributed by atoms with Crippen molar-refractivity contribution in [2.75, 3.05) is 46.8 Å². The van der Waals surface area contributed by atoms with Gasteiger partial charge in [-0.15, -0.1) is 0 Å². The van der Waals surface area contributed by atoms with Crippen LogP contribution in [0.15, 0.2) is 36.4 Å². The first kappa shape index (κ1) is 81.4. The molecule has 0 radical (unpaired) electrons. The predicted molar refractivity (Wildman–Crippen MR) is 333 cm³/mol. The van der Waals surface area contributed by atoms with Crippen LogP contribution >= 0.6 is 0 Å². The SMILES string of the molecule is CCCCCC/C=C\CCCOc1cccc(C(=O)N[C@@H]2C(O[C@@H]3C(CO)O[C@@H](OC4C(CO)O[C@@H](O[C@@H]5C(CO)OC(OC6C(CO[C@@H]7OC(C)[C@@H](O)[C@@H](O)C7OC)O[C@@H](O)[C@@H](NC(C)=O)[C@H]6O)C(NC(C)=O)C5O)[C@@H](NC(C)=O)[C@H]4O)C(NC(C)=O)C3O)OC(CO)[C@@H](O)[C@@H]2O)c1. The molecule has 0 saturated carbocycles. The highest BCUT2D eigenvalue weighted by Gasteiger charge is 2.58. The van der Waals surface area contributed by atoms with Crippen LogP contribution in [0, 0.1) is 0 Å². The Kier molecular flexibility index (Phi) is 31.7. The van der Waals surface area contributed by atoms with Crippen LogP contribution in [0.4, 0.5) is 0 Å². The first-order chi connectivity index (χ1) is 47.2. The Morgan fingerprint density at radius 2 is 0.899 bits per heavy atom. The van der Waals surface area contributed by atoms with Crippen LogP contribution in [0.5, 0.6) is 5.75 Å². The number of rotatable bonds is 32. The maximum atomic E-state index is 14.0. The Morgan fingerprint density at radius 1 is 0.465 bits per heavy atom. The normalized spacial score (nSPS) is 39.6. The van der Waals surface area contributed by atoms with Crippen molar-refractivity contribution in [2.24, 2.45) is 0 Å². The molecule has 564 valence electrons. The van der Waals surface area contributed by atoms with Gasteiger partial charge in [0.05, 0.1) is 45.7 Å². The van der Waals surface area contributed by atoms with E-state index in [2.05, 4.69) is 45.7 Å². The third-order valence-corrected chi connectivity index (χ3v) is 17.8. The minimum atomic E-state index is -2.07. The van der Waals surface area contributed by atoms with Crippen LogP contribution in [0.1, 0.15) is 96.8 Å². The second-order valence-corrected chi connectivity index (χ2v) is 25.3. The molecule has 0 aliphatic carbocycles. The number of carbonyl (C=O) groups is 5. The van der Waals surface area contributed by atoms with Gasteiger partial charge in [0, 0.05) is 40.4 Å². The summed E-state index contributed by atoms with van der Waals surface area (Å²) in [5, 5.41) is 158. The predicted octanol–water partition coefficient (Wildman–Crippen LogP) is -6.72. The maximum Gasteiger partial charge on any atom is 0.251 e. The molecule has 0 bridgehead atoms. The fourth-order valence-electron chi connectivity index (χ4n) is 12.7. The van der Waals surface area contributed by atoms with Gasteiger partial charge in [0.15, 0.2) is 37.7 Å². The van der Waals surface area contributed by atoms with Gasteiger partial charge in [-0.25, -0.2) is 0 Å². The zero-order chi connectivity index (χ0) is 72.5. The minimum Gasteiger partial charge on any atom is -0.494 e. The standard InChI is InChI=1S/C63H101N5O31/c1-8-9-10-11-12-13-14-15-16-20-88-33-19-17-18-32(21-33)57(85)68-40-46(79)45(78)34(22-69)92-59(40)96-52-35(23-70)93-60(41(48(52)81)65-29(4)74)97-53-36(24-71)94-61(42(49(53)82)66-30(5)75)98-54-37(25-72)95-62(43(50(54)83)67-31(6)76)99-55-38(91-58(86)39(47(55)80)64-28(3)73)26-89-63-56(87-7)51(84)44(77)27(2)90-63/h13-14,17-19,21,27,34-56,58-63,69-72,77-84,86H,8-12,15-16,20,22-26H2,1-7H3,(H,64,73)(H,65,74)(H,66,75)(H,67,76)(H,68,85)/b14-13-/t27?,34?,35?,36?,37?,38?,39-,40-,41?,42-,43?,44+,45+,46+,47+,48?,49+,50?,51+,52+,53?,54+,55?,56?,58+,59?,60-,61-,62?,63+/m0/s1. The number of amides is 5. The first-order valence-electron chi connectivity index (χ1n) is 33.2. The highest BCUT2D eigenvalue weighted by Crippen LogP contribution is 2.37. The molecule has 1 aromatic rings. The Balaban J connectivity index is 1.07. The molecule has 30 atom stereocenters. The zero-order valence-corrected chi connectivity index (χ0v) is 56.1. The molecule has 0 aromatic heterocycles. The van der Waals surface area contributed by atoms with E-state index in [1.54, 1.807) is 12.1 Å². The van der Waals surface area contributed by atoms with Gasteiger partial charge in [-0.2, -0.15) is 0 Å². The summed E-state index contributed by atoms with van der Waals surface area (Å²) in [7, 11) is 1.21. The van der Waals surface area contributed by atoms with Gasteiger partial charge in [-0.05, 0) is 50.8 Å². The van der Waals surface area contributed by atoms with E-state index in [4.69, 9.17) is 61.6 Å². The number of carbonyl (C=O) groups excluding carboxylic acids is 5. The summed E-state index contributed by atoms with van der Waals surface area (Å²) >= 11 is 0. The number of unbranched alkanes of at least 4 members (excludes halogenated alkanes) is 5. The molecule has 18 N–H and O–H groups in total. The largest absolute Gasteiger partial charge is 0.494 e. The zero-order valence-electron chi connectivity index (χ0n) is 56.1. The van der Waals surface area contributed by atoms with Gasteiger partial charge in [0.1, 0.15) is 146 Å². The van der Waals surface area contributed by atoms with Crippen molar-refractivity contribution in [2.45, 2.75) is 270 Å². The average Bonchev–Trinajstić information content (AvgIpc) is 0.791. The van der Waals surface area contributed by atoms with Crippen molar-refractivity contribution < 1.29 is 152 Å². The van der Waals surface area contributed by atoms with E-state index in [9.17, 15) is 90.4 Å². The minimum absolute atomic E-state index is 0.0482. The first-order valence-corrected chi connectivity index (χ1v) is 33.2. The van der Waals surface area contributed by atoms with Crippen LogP contribution in [0.2, 0.25) is 0 Å². The van der Waals surface area contributed by atoms with E-state index >= 15 is 0 Å². The topological polar surface area (TPSA) is 528 Å². The Labute approximate surface area is 571 Å². The van der Waals surface area contributed by atoms with Crippen LogP contribution in [0.25, 0.3) is 0 Å². The quantitative estimate of drug-likeness (QED) is 0.0235. The van der Waals surface area contributed by atoms with Gasteiger partial charge in [0.25, 0.3) is 5.91 Å². The molecule has 6 heterocycles. The Hall–Kier alpha value is -4.89. The van der Waals surface area contributed by atoms with Gasteiger partial charge in [-0.3, -0.25) is 24.0 Å². The summed E-state index contributed by atoms with van der Waals surface area (Å²) in [6.07, 6.45) is -32.0. The summed E-state index contributed by atoms with van der Waals surface area (Å²) in [6.45, 7) is 3.52. The second kappa shape index (κ2) is 38.6. The number of aliphatic hydroxyl groups is 13. The molecule has 99 heavy (non-hydrogen) atoms. The molecule has 6 aliphatic heterocycles. The molecule has 1 aromatic carbocycles. The van der Waals surface area contributed by atoms with E-state index < -0.39 is 246 Å². The van der Waals surface area contributed by atoms with Crippen molar-refractivity contribution in [3.05, 3.63) is 42.0 Å². The maximum absolute atomic E-state index is 14.0. The van der Waals surface area contributed by atoms with Gasteiger partial charge < -0.3 is 155 Å². The van der Waals surface area contributed by atoms with Gasteiger partial charge >= 0.3 is 0 Å². The molecular formula is C63H101N5O31. The van der Waals surface area contributed by atoms with E-state index in [1.165, 1.54) is 39.0 Å². The van der Waals surface area contributed by atoms with Crippen LogP contribution in [-0.2, 0) is 76.0 Å². The molecule has 15 unspecified atom stereocenters. The van der Waals surface area contributed by atoms with E-state index in [0.29, 0.717) is 18.8 Å². The summed E-state index contributed by atoms with van der Waals surface area (Å²) in [5.74, 6) is -3.67. The third kappa shape index (κ3) is 20.9. The molecule has 36 nitrogen and oxygen atoms in total. The third-order valence-electron chi connectivity index (χ3n) is 17.8. The molecule has 36 heteroatoms. The summed E-state index contributed by atoms with van der Waals surface area (Å²) < 4.78 is 77.9. The highest BCUT2D eigenvalue weighted by molar-refractivity contribution is 5.94. The fraction of sp³-hybridized carbons (Fsp3) is 0.794. The average molecular weight is 1420 g/mol. The van der Waals surface area contributed by atoms with Crippen molar-refractivity contribution >= 4 is 29.5 Å². The highest BCUT2D eigenvalue weighted by atomic mass is 16.8. The fourth-order valence-corrected chi connectivity index (χ4v) is 12.7. The molecule has 6 fully saturated rings. The number of methoxy groups -OCH3 is 1. The lowest BCUT2D eigenvalue weighted by Crippen LogP contribution is -2.72. The van der Waals surface area contributed by atoms with Gasteiger partial charge in [-0.1, -0.05) is 44.4 Å². The number of aliphatic hydroxyl groups excluding tert-OH is 13. The summed E-state index contributed by atoms with van der Waals surface area (Å²) in [4.78, 5) is 65.1. The molecule has 6 aliphatic rings. The lowest BCUT2D eigenvalue weighted by atomic mass is 9.93. The number of ether oxygens (including phenoxy) is 13. The lowest BCUT2D eigenvalue weighted by Gasteiger charge is -2.51. The van der Waals surface area contributed by atoms with Crippen LogP contribution in [-0.4, -0.2) is 327 Å². The van der Waals surface area contributed by atoms with E-state index in [-0.39, 0.29) is 5.56 Å². The van der Waals surface area contributed by atoms with E-state index in [1.807, 2.05) is 0 Å². The number of benzene rings is 1. The second-order valence-electron chi connectivity index (χ2n) is 25.3. The summed E-state index contributed by atoms with van der Waals surface area (Å²) in [6, 6.07) is -2.45. The molecule has 7 rings (SSSR count). The number of nitrogens with one attached hydrogen (secondary N) is 5. The lowest BCUT2D eigenvalue weighted by molar-refractivity contribution is -0.368. The molecule has 0 spiro atoms. The monoisotopic (exact) mass is 1420 g/mol. The number of hydrogen-bond donors (Lipinski definition) is 18. The summed E-state index contributed by atoms with van der Waals surface area (Å²) in [5.41, 5.74) is 0.0482. The van der Waals surface area contributed by atoms with Gasteiger partial charge in [0.2, 0.25) is 23.6 Å². The molecular weight excluding hydrogens is 1320 g/mol. The smallest absolute Gasteiger partial charge is 0.251 e. The molecule has 5 amide bonds. The molecule has 6 saturated heterocycles. The number of hydrogen-bond acceptors (Lipinski definition) is 31. The van der Waals surface area contributed by atoms with Crippen LogP contribution in [0.3, 0.4) is 0 Å². The van der Waals surface area contributed by atoms with Crippen molar-refractivity contribution in [3.63, 3.8) is 0 Å². The van der Waals surface area contributed by atoms with E-state index in [0.717, 1.165) is 53.4 Å². The number of allylic oxidation sites excluding steroid dienone is 2. The Morgan fingerprint density at radius 3 is 1.35 bits per heavy atom. The van der Waals surface area contributed by atoms with Crippen molar-refractivity contribution in [1.29, 1.82) is 0 Å². The Bertz CT molecular complexity index is 2730. The van der Waals surface area contributed by atoms with Crippen molar-refractivity contribution in [3.8, 4) is 5.75 Å². The van der Waals surface area contributed by atoms with Crippen LogP contribution < -0.4 is 31.3 Å². The van der Waals surface area contributed by atoms with Crippen molar-refractivity contribution in [1.82, 2.24) is 26.6 Å².